The van der Waals surface area contributed by atoms with Gasteiger partial charge in [-0.1, -0.05) is 31.2 Å². The monoisotopic (exact) mass is 408 g/mol. The van der Waals surface area contributed by atoms with Crippen LogP contribution >= 0.6 is 0 Å². The second-order valence-corrected chi connectivity index (χ2v) is 8.63. The summed E-state index contributed by atoms with van der Waals surface area (Å²) in [7, 11) is 0. The van der Waals surface area contributed by atoms with Gasteiger partial charge in [0.15, 0.2) is 5.78 Å². The van der Waals surface area contributed by atoms with Gasteiger partial charge in [0.05, 0.1) is 19.5 Å². The number of hydrogen-bond donors (Lipinski definition) is 1. The van der Waals surface area contributed by atoms with Gasteiger partial charge in [0, 0.05) is 42.4 Å². The van der Waals surface area contributed by atoms with E-state index in [2.05, 4.69) is 0 Å². The molecule has 1 aromatic carbocycles. The van der Waals surface area contributed by atoms with E-state index in [0.717, 1.165) is 43.9 Å². The van der Waals surface area contributed by atoms with Gasteiger partial charge in [0.1, 0.15) is 6.54 Å². The molecule has 0 aliphatic carbocycles. The van der Waals surface area contributed by atoms with Crippen LogP contribution in [0.15, 0.2) is 53.3 Å². The van der Waals surface area contributed by atoms with Crippen molar-refractivity contribution in [2.45, 2.75) is 38.6 Å². The highest BCUT2D eigenvalue weighted by Gasteiger charge is 2.37. The van der Waals surface area contributed by atoms with Crippen LogP contribution in [0, 0.1) is 5.92 Å². The Morgan fingerprint density at radius 1 is 1.10 bits per heavy atom. The fraction of sp³-hybridized carbons (Fsp3) is 0.458. The zero-order valence-electron chi connectivity index (χ0n) is 17.5. The average Bonchev–Trinajstić information content (AvgIpc) is 2.73. The van der Waals surface area contributed by atoms with E-state index in [1.54, 1.807) is 11.0 Å². The summed E-state index contributed by atoms with van der Waals surface area (Å²) in [5.41, 5.74) is 2.01. The number of Topliss-reactive ketones (excluding diaryl/α,β-unsaturated/α-hetero) is 1. The standard InChI is InChI=1S/C24H29N3O3/c1-2-11-26(20-7-4-3-5-8-20)24(30)13-21(28)17-25-14-18-12-19(16-25)22-9-6-10-23(29)27(22)15-18/h3-10,18-19H,2,11-17H2,1H3/p+1/t18-,19+/m0/s1. The van der Waals surface area contributed by atoms with Crippen molar-refractivity contribution in [2.75, 3.05) is 31.1 Å². The summed E-state index contributed by atoms with van der Waals surface area (Å²) in [6, 6.07) is 15.1. The van der Waals surface area contributed by atoms with Crippen molar-refractivity contribution in [2.24, 2.45) is 5.92 Å². The fourth-order valence-electron chi connectivity index (χ4n) is 5.10. The number of quaternary nitrogens is 1. The van der Waals surface area contributed by atoms with Crippen molar-refractivity contribution in [1.82, 2.24) is 4.57 Å². The van der Waals surface area contributed by atoms with Crippen molar-refractivity contribution in [3.05, 3.63) is 64.6 Å². The first-order valence-corrected chi connectivity index (χ1v) is 11.0. The van der Waals surface area contributed by atoms with Crippen molar-refractivity contribution in [1.29, 1.82) is 0 Å². The van der Waals surface area contributed by atoms with E-state index in [0.29, 0.717) is 24.9 Å². The van der Waals surface area contributed by atoms with Crippen LogP contribution in [0.25, 0.3) is 0 Å². The number of aromatic nitrogens is 1. The van der Waals surface area contributed by atoms with Gasteiger partial charge in [-0.05, 0) is 31.0 Å². The van der Waals surface area contributed by atoms with E-state index < -0.39 is 0 Å². The molecule has 2 aliphatic rings. The summed E-state index contributed by atoms with van der Waals surface area (Å²) in [6.45, 7) is 5.49. The van der Waals surface area contributed by atoms with E-state index >= 15 is 0 Å². The zero-order valence-corrected chi connectivity index (χ0v) is 17.5. The lowest BCUT2D eigenvalue weighted by molar-refractivity contribution is -0.903. The van der Waals surface area contributed by atoms with Gasteiger partial charge in [0.2, 0.25) is 5.91 Å². The van der Waals surface area contributed by atoms with Crippen LogP contribution < -0.4 is 15.4 Å². The number of ketones is 1. The minimum atomic E-state index is -0.124. The second-order valence-electron chi connectivity index (χ2n) is 8.63. The molecule has 158 valence electrons. The molecule has 0 spiro atoms. The molecule has 1 saturated heterocycles. The second kappa shape index (κ2) is 8.96. The molecular weight excluding hydrogens is 378 g/mol. The largest absolute Gasteiger partial charge is 0.328 e. The van der Waals surface area contributed by atoms with Gasteiger partial charge in [-0.25, -0.2) is 0 Å². The molecule has 0 saturated carbocycles. The molecule has 3 atom stereocenters. The number of piperidine rings is 1. The maximum atomic E-state index is 12.8. The molecule has 4 rings (SSSR count). The lowest BCUT2D eigenvalue weighted by Crippen LogP contribution is -3.15. The Bertz CT molecular complexity index is 969. The summed E-state index contributed by atoms with van der Waals surface area (Å²) in [4.78, 5) is 40.7. The van der Waals surface area contributed by atoms with Crippen LogP contribution in [-0.4, -0.2) is 42.4 Å². The number of pyridine rings is 1. The van der Waals surface area contributed by atoms with Crippen LogP contribution in [0.3, 0.4) is 0 Å². The lowest BCUT2D eigenvalue weighted by Gasteiger charge is -2.40. The Hall–Kier alpha value is -2.73. The van der Waals surface area contributed by atoms with E-state index in [-0.39, 0.29) is 23.7 Å². The molecule has 1 aromatic heterocycles. The first kappa shape index (κ1) is 20.5. The van der Waals surface area contributed by atoms with Gasteiger partial charge < -0.3 is 14.4 Å². The van der Waals surface area contributed by atoms with E-state index in [4.69, 9.17) is 0 Å². The Balaban J connectivity index is 1.39. The smallest absolute Gasteiger partial charge is 0.250 e. The Kier molecular flexibility index (Phi) is 6.13. The maximum absolute atomic E-state index is 12.8. The number of amides is 1. The summed E-state index contributed by atoms with van der Waals surface area (Å²) in [5, 5.41) is 0. The summed E-state index contributed by atoms with van der Waals surface area (Å²) in [6.07, 6.45) is 1.87. The van der Waals surface area contributed by atoms with Crippen LogP contribution in [0.4, 0.5) is 5.69 Å². The van der Waals surface area contributed by atoms with Crippen LogP contribution in [0.5, 0.6) is 0 Å². The molecule has 30 heavy (non-hydrogen) atoms. The summed E-state index contributed by atoms with van der Waals surface area (Å²) in [5.74, 6) is 0.598. The molecule has 6 nitrogen and oxygen atoms in total. The third kappa shape index (κ3) is 4.38. The number of benzene rings is 1. The van der Waals surface area contributed by atoms with Gasteiger partial charge >= 0.3 is 0 Å². The molecule has 2 bridgehead atoms. The third-order valence-electron chi connectivity index (χ3n) is 6.28. The van der Waals surface area contributed by atoms with Crippen molar-refractivity contribution >= 4 is 17.4 Å². The SMILES string of the molecule is CCCN(C(=O)CC(=O)C[NH+]1C[C@@H]2C[C@H](C1)c1cccc(=O)n1C2)c1ccccc1. The lowest BCUT2D eigenvalue weighted by atomic mass is 9.83. The van der Waals surface area contributed by atoms with Crippen LogP contribution in [-0.2, 0) is 16.1 Å². The average molecular weight is 409 g/mol. The Morgan fingerprint density at radius 2 is 1.90 bits per heavy atom. The number of carbonyl (C=O) groups is 2. The van der Waals surface area contributed by atoms with Gasteiger partial charge in [-0.3, -0.25) is 14.4 Å². The maximum Gasteiger partial charge on any atom is 0.250 e. The predicted molar refractivity (Wildman–Crippen MR) is 116 cm³/mol. The molecule has 1 fully saturated rings. The van der Waals surface area contributed by atoms with Gasteiger partial charge in [0.25, 0.3) is 5.56 Å². The quantitative estimate of drug-likeness (QED) is 0.702. The number of carbonyl (C=O) groups excluding carboxylic acids is 2. The number of para-hydroxylation sites is 1. The summed E-state index contributed by atoms with van der Waals surface area (Å²) >= 11 is 0. The Labute approximate surface area is 177 Å². The highest BCUT2D eigenvalue weighted by molar-refractivity contribution is 6.05. The number of fused-ring (bicyclic) bond motifs is 4. The normalized spacial score (nSPS) is 22.2. The van der Waals surface area contributed by atoms with E-state index in [9.17, 15) is 14.4 Å². The Morgan fingerprint density at radius 3 is 2.67 bits per heavy atom. The molecule has 1 amide bonds. The van der Waals surface area contributed by atoms with Crippen LogP contribution in [0.1, 0.15) is 37.8 Å². The molecule has 2 aliphatic heterocycles. The number of hydrogen-bond acceptors (Lipinski definition) is 3. The van der Waals surface area contributed by atoms with E-state index in [1.165, 1.54) is 4.90 Å². The van der Waals surface area contributed by atoms with E-state index in [1.807, 2.05) is 54.0 Å². The van der Waals surface area contributed by atoms with Gasteiger partial charge in [-0.2, -0.15) is 0 Å². The molecule has 1 unspecified atom stereocenters. The minimum absolute atomic E-state index is 0.00235. The van der Waals surface area contributed by atoms with Crippen molar-refractivity contribution < 1.29 is 14.5 Å². The number of nitrogens with one attached hydrogen (secondary N) is 1. The summed E-state index contributed by atoms with van der Waals surface area (Å²) < 4.78 is 1.91. The number of rotatable bonds is 7. The molecule has 3 heterocycles. The minimum Gasteiger partial charge on any atom is -0.328 e. The first-order valence-electron chi connectivity index (χ1n) is 11.0. The molecule has 6 heteroatoms. The molecular formula is C24H30N3O3+. The van der Waals surface area contributed by atoms with Crippen molar-refractivity contribution in [3.8, 4) is 0 Å². The predicted octanol–water partition coefficient (Wildman–Crippen LogP) is 1.25. The highest BCUT2D eigenvalue weighted by Crippen LogP contribution is 2.30. The zero-order chi connectivity index (χ0) is 21.1. The topological polar surface area (TPSA) is 63.8 Å². The number of likely N-dealkylation sites (tertiary alicyclic amines) is 1. The van der Waals surface area contributed by atoms with Crippen molar-refractivity contribution in [3.63, 3.8) is 0 Å². The van der Waals surface area contributed by atoms with Crippen LogP contribution in [0.2, 0.25) is 0 Å². The number of nitrogens with zero attached hydrogens (tertiary/aromatic N) is 2. The molecule has 1 N–H and O–H groups in total. The van der Waals surface area contributed by atoms with Gasteiger partial charge in [-0.15, -0.1) is 0 Å². The third-order valence-corrected chi connectivity index (χ3v) is 6.28. The molecule has 0 radical (unpaired) electrons. The first-order chi connectivity index (χ1) is 14.5. The molecule has 2 aromatic rings. The highest BCUT2D eigenvalue weighted by atomic mass is 16.2. The fourth-order valence-corrected chi connectivity index (χ4v) is 5.10. The number of anilines is 1.